The average molecular weight is 303 g/mol. The molecule has 1 aromatic heterocycles. The number of likely N-dealkylation sites (N-methyl/N-ethyl adjacent to an activating group) is 1. The number of nitriles is 1. The largest absolute Gasteiger partial charge is 0.322 e. The molecule has 2 aromatic rings. The van der Waals surface area contributed by atoms with Gasteiger partial charge in [-0.15, -0.1) is 11.6 Å². The van der Waals surface area contributed by atoms with Crippen LogP contribution in [0, 0.1) is 11.3 Å². The molecule has 3 rings (SSSR count). The summed E-state index contributed by atoms with van der Waals surface area (Å²) >= 11 is 6.35. The van der Waals surface area contributed by atoms with Crippen LogP contribution in [0.2, 0.25) is 0 Å². The molecule has 0 bridgehead atoms. The van der Waals surface area contributed by atoms with Crippen LogP contribution in [0.5, 0.6) is 0 Å². The number of para-hydroxylation sites is 1. The van der Waals surface area contributed by atoms with Gasteiger partial charge in [0.2, 0.25) is 0 Å². The van der Waals surface area contributed by atoms with Crippen LogP contribution in [-0.2, 0) is 0 Å². The van der Waals surface area contributed by atoms with Gasteiger partial charge in [0, 0.05) is 12.6 Å². The van der Waals surface area contributed by atoms with E-state index in [0.717, 1.165) is 36.4 Å². The molecule has 1 aliphatic heterocycles. The Morgan fingerprint density at radius 2 is 2.29 bits per heavy atom. The minimum absolute atomic E-state index is 0.170. The highest BCUT2D eigenvalue weighted by Crippen LogP contribution is 2.32. The van der Waals surface area contributed by atoms with Gasteiger partial charge in [-0.25, -0.2) is 4.98 Å². The summed E-state index contributed by atoms with van der Waals surface area (Å²) in [5.41, 5.74) is 2.42. The maximum atomic E-state index is 9.29. The molecule has 2 heterocycles. The number of hydrogen-bond donors (Lipinski definition) is 0. The molecule has 0 spiro atoms. The quantitative estimate of drug-likeness (QED) is 0.798. The van der Waals surface area contributed by atoms with Gasteiger partial charge in [0.1, 0.15) is 17.4 Å². The third-order valence-electron chi connectivity index (χ3n) is 4.19. The molecule has 1 aliphatic rings. The molecule has 5 heteroatoms. The third kappa shape index (κ3) is 2.52. The van der Waals surface area contributed by atoms with Crippen LogP contribution in [0.1, 0.15) is 42.6 Å². The van der Waals surface area contributed by atoms with Gasteiger partial charge in [0.15, 0.2) is 0 Å². The number of likely N-dealkylation sites (tertiary alicyclic amines) is 1. The highest BCUT2D eigenvalue weighted by molar-refractivity contribution is 6.20. The molecule has 0 aliphatic carbocycles. The highest BCUT2D eigenvalue weighted by Gasteiger charge is 2.25. The maximum Gasteiger partial charge on any atom is 0.128 e. The Kier molecular flexibility index (Phi) is 3.88. The zero-order valence-corrected chi connectivity index (χ0v) is 13.1. The van der Waals surface area contributed by atoms with Gasteiger partial charge >= 0.3 is 0 Å². The first-order valence-electron chi connectivity index (χ1n) is 7.35. The first-order valence-corrected chi connectivity index (χ1v) is 7.79. The Labute approximate surface area is 129 Å². The first-order chi connectivity index (χ1) is 10.1. The summed E-state index contributed by atoms with van der Waals surface area (Å²) in [7, 11) is 2.15. The van der Waals surface area contributed by atoms with Crippen molar-refractivity contribution in [2.24, 2.45) is 0 Å². The number of alkyl halides is 1. The molecule has 2 atom stereocenters. The number of hydrogen-bond acceptors (Lipinski definition) is 3. The summed E-state index contributed by atoms with van der Waals surface area (Å²) in [5, 5.41) is 9.12. The van der Waals surface area contributed by atoms with Crippen molar-refractivity contribution in [3.05, 3.63) is 29.6 Å². The summed E-state index contributed by atoms with van der Waals surface area (Å²) in [4.78, 5) is 7.02. The fourth-order valence-corrected chi connectivity index (χ4v) is 3.39. The van der Waals surface area contributed by atoms with Crippen molar-refractivity contribution in [3.63, 3.8) is 0 Å². The van der Waals surface area contributed by atoms with Gasteiger partial charge in [0.05, 0.1) is 16.5 Å². The van der Waals surface area contributed by atoms with Crippen molar-refractivity contribution in [2.75, 3.05) is 20.1 Å². The van der Waals surface area contributed by atoms with Crippen LogP contribution < -0.4 is 0 Å². The summed E-state index contributed by atoms with van der Waals surface area (Å²) in [6, 6.07) is 8.39. The molecular formula is C16H19ClN4. The molecule has 0 radical (unpaired) electrons. The van der Waals surface area contributed by atoms with Crippen molar-refractivity contribution in [2.45, 2.75) is 31.2 Å². The Balaban J connectivity index is 2.19. The molecule has 1 aromatic carbocycles. The Hall–Kier alpha value is -1.57. The number of fused-ring (bicyclic) bond motifs is 1. The second kappa shape index (κ2) is 5.67. The van der Waals surface area contributed by atoms with Crippen LogP contribution in [-0.4, -0.2) is 34.6 Å². The number of piperidine rings is 1. The van der Waals surface area contributed by atoms with Crippen LogP contribution in [0.25, 0.3) is 11.0 Å². The smallest absolute Gasteiger partial charge is 0.128 e. The first kappa shape index (κ1) is 14.4. The molecule has 1 saturated heterocycles. The van der Waals surface area contributed by atoms with E-state index in [2.05, 4.69) is 27.6 Å². The predicted octanol–water partition coefficient (Wildman–Crippen LogP) is 3.47. The van der Waals surface area contributed by atoms with E-state index in [0.29, 0.717) is 11.6 Å². The monoisotopic (exact) mass is 302 g/mol. The van der Waals surface area contributed by atoms with Crippen LogP contribution in [0.15, 0.2) is 18.2 Å². The number of imidazole rings is 1. The lowest BCUT2D eigenvalue weighted by Crippen LogP contribution is -2.34. The van der Waals surface area contributed by atoms with Gasteiger partial charge in [-0.05, 0) is 45.5 Å². The van der Waals surface area contributed by atoms with E-state index in [1.165, 1.54) is 6.42 Å². The Morgan fingerprint density at radius 3 is 2.95 bits per heavy atom. The lowest BCUT2D eigenvalue weighted by Gasteiger charge is -2.32. The fraction of sp³-hybridized carbons (Fsp3) is 0.500. The molecule has 0 N–H and O–H groups in total. The third-order valence-corrected chi connectivity index (χ3v) is 4.38. The standard InChI is InChI=1S/C16H19ClN4/c1-11(17)16-19-15-12(9-18)5-3-7-14(15)21(16)13-6-4-8-20(2)10-13/h3,5,7,11,13H,4,6,8,10H2,1-2H3. The molecule has 110 valence electrons. The molecule has 21 heavy (non-hydrogen) atoms. The molecule has 1 fully saturated rings. The summed E-state index contributed by atoms with van der Waals surface area (Å²) < 4.78 is 2.25. The summed E-state index contributed by atoms with van der Waals surface area (Å²) in [6.45, 7) is 4.08. The van der Waals surface area contributed by atoms with Crippen LogP contribution in [0.4, 0.5) is 0 Å². The number of aromatic nitrogens is 2. The SMILES string of the molecule is CC(Cl)c1nc2c(C#N)cccc2n1C1CCCN(C)C1. The van der Waals surface area contributed by atoms with Crippen molar-refractivity contribution in [3.8, 4) is 6.07 Å². The Morgan fingerprint density at radius 1 is 1.48 bits per heavy atom. The average Bonchev–Trinajstić information content (AvgIpc) is 2.86. The van der Waals surface area contributed by atoms with E-state index in [4.69, 9.17) is 11.6 Å². The van der Waals surface area contributed by atoms with Gasteiger partial charge in [-0.2, -0.15) is 5.26 Å². The van der Waals surface area contributed by atoms with Crippen molar-refractivity contribution in [1.29, 1.82) is 5.26 Å². The molecule has 0 saturated carbocycles. The zero-order chi connectivity index (χ0) is 15.0. The summed E-state index contributed by atoms with van der Waals surface area (Å²) in [6.07, 6.45) is 2.30. The number of rotatable bonds is 2. The topological polar surface area (TPSA) is 44.9 Å². The van der Waals surface area contributed by atoms with E-state index >= 15 is 0 Å². The number of nitrogens with zero attached hydrogens (tertiary/aromatic N) is 4. The van der Waals surface area contributed by atoms with Gasteiger partial charge in [0.25, 0.3) is 0 Å². The normalized spacial score (nSPS) is 21.3. The second-order valence-corrected chi connectivity index (χ2v) is 6.45. The summed E-state index contributed by atoms with van der Waals surface area (Å²) in [5.74, 6) is 0.870. The molecular weight excluding hydrogens is 284 g/mol. The Bertz CT molecular complexity index is 698. The minimum atomic E-state index is -0.170. The fourth-order valence-electron chi connectivity index (χ4n) is 3.24. The van der Waals surface area contributed by atoms with E-state index in [-0.39, 0.29) is 5.38 Å². The van der Waals surface area contributed by atoms with Crippen LogP contribution in [0.3, 0.4) is 0 Å². The second-order valence-electron chi connectivity index (χ2n) is 5.80. The van der Waals surface area contributed by atoms with E-state index in [1.54, 1.807) is 0 Å². The zero-order valence-electron chi connectivity index (χ0n) is 12.4. The van der Waals surface area contributed by atoms with Crippen molar-refractivity contribution >= 4 is 22.6 Å². The molecule has 0 amide bonds. The van der Waals surface area contributed by atoms with E-state index in [9.17, 15) is 5.26 Å². The lowest BCUT2D eigenvalue weighted by atomic mass is 10.1. The van der Waals surface area contributed by atoms with Gasteiger partial charge < -0.3 is 9.47 Å². The minimum Gasteiger partial charge on any atom is -0.322 e. The van der Waals surface area contributed by atoms with Crippen molar-refractivity contribution in [1.82, 2.24) is 14.5 Å². The van der Waals surface area contributed by atoms with E-state index < -0.39 is 0 Å². The van der Waals surface area contributed by atoms with Crippen molar-refractivity contribution < 1.29 is 0 Å². The van der Waals surface area contributed by atoms with Gasteiger partial charge in [-0.1, -0.05) is 6.07 Å². The number of benzene rings is 1. The predicted molar refractivity (Wildman–Crippen MR) is 84.5 cm³/mol. The maximum absolute atomic E-state index is 9.29. The molecule has 2 unspecified atom stereocenters. The molecule has 4 nitrogen and oxygen atoms in total. The van der Waals surface area contributed by atoms with Gasteiger partial charge in [-0.3, -0.25) is 0 Å². The lowest BCUT2D eigenvalue weighted by molar-refractivity contribution is 0.212. The van der Waals surface area contributed by atoms with Crippen LogP contribution >= 0.6 is 11.6 Å². The highest BCUT2D eigenvalue weighted by atomic mass is 35.5. The number of halogens is 1. The van der Waals surface area contributed by atoms with E-state index in [1.807, 2.05) is 25.1 Å².